The van der Waals surface area contributed by atoms with Crippen molar-refractivity contribution in [3.63, 3.8) is 0 Å². The molecule has 290 valence electrons. The summed E-state index contributed by atoms with van der Waals surface area (Å²) in [7, 11) is -4.51. The van der Waals surface area contributed by atoms with Crippen LogP contribution in [0.25, 0.3) is 10.4 Å². The Hall–Kier alpha value is -1.64. The summed E-state index contributed by atoms with van der Waals surface area (Å²) in [5, 5.41) is 83.2. The summed E-state index contributed by atoms with van der Waals surface area (Å²) in [5.74, 6) is -0.0618. The van der Waals surface area contributed by atoms with E-state index in [0.29, 0.717) is 0 Å². The van der Waals surface area contributed by atoms with Gasteiger partial charge in [-0.05, 0) is 12.5 Å². The van der Waals surface area contributed by atoms with Crippen LogP contribution in [-0.4, -0.2) is 167 Å². The quantitative estimate of drug-likeness (QED) is 0.0250. The number of nitrogens with one attached hydrogen (secondary N) is 1. The Morgan fingerprint density at radius 1 is 0.882 bits per heavy atom. The zero-order valence-electron chi connectivity index (χ0n) is 27.0. The molecule has 25 heteroatoms. The lowest BCUT2D eigenvalue weighted by atomic mass is 10.0. The number of hydrogen-bond acceptors (Lipinski definition) is 20. The Morgan fingerprint density at radius 2 is 1.41 bits per heavy atom. The van der Waals surface area contributed by atoms with E-state index in [0.717, 1.165) is 28.1 Å². The molecule has 13 atom stereocenters. The highest BCUT2D eigenvalue weighted by Gasteiger charge is 2.45. The summed E-state index contributed by atoms with van der Waals surface area (Å²) >= 11 is 1.82. The fourth-order valence-corrected chi connectivity index (χ4v) is 8.75. The molecular formula is C26H42N5O17PS2. The second-order valence-corrected chi connectivity index (χ2v) is 15.7. The van der Waals surface area contributed by atoms with E-state index in [1.807, 2.05) is 0 Å². The third-order valence-electron chi connectivity index (χ3n) is 8.18. The minimum atomic E-state index is -4.51. The molecule has 9 N–H and O–H groups in total. The van der Waals surface area contributed by atoms with Crippen LogP contribution >= 0.6 is 31.3 Å². The van der Waals surface area contributed by atoms with Gasteiger partial charge in [0.1, 0.15) is 65.9 Å². The number of thioether (sulfide) groups is 2. The number of ether oxygens (including phenoxy) is 3. The average molecular weight is 792 g/mol. The highest BCUT2D eigenvalue weighted by Crippen LogP contribution is 2.50. The first-order valence-electron chi connectivity index (χ1n) is 15.6. The van der Waals surface area contributed by atoms with Crippen molar-refractivity contribution in [2.75, 3.05) is 44.5 Å². The van der Waals surface area contributed by atoms with E-state index in [1.165, 1.54) is 13.1 Å². The van der Waals surface area contributed by atoms with Crippen LogP contribution in [0.5, 0.6) is 0 Å². The molecule has 0 aliphatic carbocycles. The smallest absolute Gasteiger partial charge is 0.394 e. The highest BCUT2D eigenvalue weighted by atomic mass is 32.2. The number of rotatable bonds is 17. The molecule has 4 heterocycles. The number of hydrogen-bond donors (Lipinski definition) is 9. The maximum atomic E-state index is 13.8. The monoisotopic (exact) mass is 791 g/mol. The number of aliphatic hydroxyl groups is 8. The summed E-state index contributed by atoms with van der Waals surface area (Å²) in [6.45, 7) is -1.02. The third-order valence-corrected chi connectivity index (χ3v) is 11.9. The normalized spacial score (nSPS) is 35.8. The maximum absolute atomic E-state index is 13.8. The fraction of sp³-hybridized carbons (Fsp3) is 0.846. The number of aromatic nitrogens is 2. The molecule has 51 heavy (non-hydrogen) atoms. The van der Waals surface area contributed by atoms with Gasteiger partial charge in [-0.1, -0.05) is 5.11 Å². The van der Waals surface area contributed by atoms with E-state index in [-0.39, 0.29) is 36.7 Å². The minimum Gasteiger partial charge on any atom is -0.394 e. The molecule has 3 aliphatic rings. The highest BCUT2D eigenvalue weighted by molar-refractivity contribution is 8.00. The number of phosphoric ester groups is 1. The Bertz CT molecular complexity index is 1450. The standard InChI is InChI=1S/C26H42N5O17PS2/c1-11-7-31(26(41)28-23(11)40)16-6-12(29-30-27)15(46-16)10-45-49(42,43-2-4-50-24-21(38)19(36)17(34)13(8-32)47-24)44-3-5-51-25-22(39)20(37)18(35)14(9-33)48-25/h7,12-22,24-25,32-39H,2-6,8-10H2,1H3,(H,28,40,41)/t12-,13-,14-,15-,16-,17-,18-,19+,20+,21-,22-,24+,25+/m1/s1. The largest absolute Gasteiger partial charge is 0.474 e. The van der Waals surface area contributed by atoms with Crippen LogP contribution in [0.2, 0.25) is 0 Å². The van der Waals surface area contributed by atoms with Gasteiger partial charge in [0.2, 0.25) is 0 Å². The van der Waals surface area contributed by atoms with Gasteiger partial charge < -0.3 is 55.1 Å². The van der Waals surface area contributed by atoms with Crippen LogP contribution in [0.3, 0.4) is 0 Å². The minimum absolute atomic E-state index is 0.0129. The van der Waals surface area contributed by atoms with E-state index in [1.54, 1.807) is 0 Å². The Labute approximate surface area is 297 Å². The number of phosphoric acid groups is 1. The van der Waals surface area contributed by atoms with E-state index < -0.39 is 117 Å². The Morgan fingerprint density at radius 3 is 1.90 bits per heavy atom. The van der Waals surface area contributed by atoms with Crippen LogP contribution in [0.4, 0.5) is 0 Å². The zero-order chi connectivity index (χ0) is 37.5. The van der Waals surface area contributed by atoms with E-state index in [2.05, 4.69) is 15.0 Å². The summed E-state index contributed by atoms with van der Waals surface area (Å²) in [6.07, 6.45) is -12.5. The van der Waals surface area contributed by atoms with Gasteiger partial charge in [-0.3, -0.25) is 27.9 Å². The first-order valence-corrected chi connectivity index (χ1v) is 19.2. The van der Waals surface area contributed by atoms with Crippen molar-refractivity contribution < 1.29 is 73.2 Å². The third kappa shape index (κ3) is 10.5. The van der Waals surface area contributed by atoms with Gasteiger partial charge in [0.15, 0.2) is 0 Å². The Balaban J connectivity index is 1.40. The van der Waals surface area contributed by atoms with Crippen molar-refractivity contribution in [1.29, 1.82) is 0 Å². The second kappa shape index (κ2) is 19.1. The van der Waals surface area contributed by atoms with E-state index in [4.69, 9.17) is 33.3 Å². The van der Waals surface area contributed by atoms with Crippen LogP contribution < -0.4 is 11.2 Å². The lowest BCUT2D eigenvalue weighted by Gasteiger charge is -2.39. The van der Waals surface area contributed by atoms with Gasteiger partial charge in [-0.15, -0.1) is 23.5 Å². The predicted molar refractivity (Wildman–Crippen MR) is 175 cm³/mol. The average Bonchev–Trinajstić information content (AvgIpc) is 3.51. The first-order chi connectivity index (χ1) is 24.2. The number of aromatic amines is 1. The molecule has 3 fully saturated rings. The van der Waals surface area contributed by atoms with Crippen LogP contribution in [-0.2, 0) is 32.3 Å². The van der Waals surface area contributed by atoms with E-state index >= 15 is 0 Å². The van der Waals surface area contributed by atoms with Crippen LogP contribution in [0.15, 0.2) is 20.9 Å². The lowest BCUT2D eigenvalue weighted by Crippen LogP contribution is -2.57. The number of aliphatic hydroxyl groups excluding tert-OH is 8. The molecule has 22 nitrogen and oxygen atoms in total. The number of nitrogens with zero attached hydrogens (tertiary/aromatic N) is 4. The van der Waals surface area contributed by atoms with Crippen molar-refractivity contribution in [2.45, 2.75) is 91.4 Å². The van der Waals surface area contributed by atoms with Gasteiger partial charge in [0.05, 0.1) is 45.2 Å². The summed E-state index contributed by atoms with van der Waals surface area (Å²) < 4.78 is 48.3. The summed E-state index contributed by atoms with van der Waals surface area (Å²) in [4.78, 5) is 29.2. The Kier molecular flexibility index (Phi) is 15.8. The molecule has 0 radical (unpaired) electrons. The molecule has 1 aromatic rings. The zero-order valence-corrected chi connectivity index (χ0v) is 29.6. The van der Waals surface area contributed by atoms with Gasteiger partial charge in [0, 0.05) is 34.6 Å². The van der Waals surface area contributed by atoms with Crippen molar-refractivity contribution in [3.05, 3.63) is 43.0 Å². The van der Waals surface area contributed by atoms with Crippen LogP contribution in [0, 0.1) is 6.92 Å². The molecule has 0 aromatic carbocycles. The van der Waals surface area contributed by atoms with E-state index in [9.17, 15) is 55.0 Å². The fourth-order valence-electron chi connectivity index (χ4n) is 5.34. The molecule has 0 spiro atoms. The molecule has 3 aliphatic heterocycles. The molecule has 0 saturated carbocycles. The van der Waals surface area contributed by atoms with Gasteiger partial charge in [0.25, 0.3) is 5.56 Å². The second-order valence-electron chi connectivity index (χ2n) is 11.7. The summed E-state index contributed by atoms with van der Waals surface area (Å²) in [5.41, 5.74) is 5.77. The van der Waals surface area contributed by atoms with Gasteiger partial charge in [-0.2, -0.15) is 0 Å². The molecule has 4 rings (SSSR count). The van der Waals surface area contributed by atoms with Gasteiger partial charge in [-0.25, -0.2) is 9.36 Å². The van der Waals surface area contributed by atoms with Crippen molar-refractivity contribution in [1.82, 2.24) is 9.55 Å². The van der Waals surface area contributed by atoms with Crippen molar-refractivity contribution >= 4 is 31.3 Å². The lowest BCUT2D eigenvalue weighted by molar-refractivity contribution is -0.205. The van der Waals surface area contributed by atoms with Gasteiger partial charge >= 0.3 is 13.5 Å². The topological polar surface area (TPSA) is 338 Å². The molecular weight excluding hydrogens is 749 g/mol. The SMILES string of the molecule is Cc1cn([C@H]2C[C@@H](N=[N+]=[N-])[C@@H](COP(=O)(OCCS[C@@H]3O[C@H](CO)[C@@H](O)[C@H](O)[C@H]3O)OCCS[C@@H]3O[C@H](CO)[C@@H](O)[C@H](O)[C@H]3O)O2)c(=O)[nH]c1=O. The number of aryl methyl sites for hydroxylation is 1. The predicted octanol–water partition coefficient (Wildman–Crippen LogP) is -2.96. The first kappa shape index (κ1) is 42.1. The van der Waals surface area contributed by atoms with Crippen LogP contribution in [0.1, 0.15) is 18.2 Å². The summed E-state index contributed by atoms with van der Waals surface area (Å²) in [6, 6.07) is -0.920. The number of H-pyrrole nitrogens is 1. The van der Waals surface area contributed by atoms with Crippen molar-refractivity contribution in [2.24, 2.45) is 5.11 Å². The number of azide groups is 1. The molecule has 0 amide bonds. The molecule has 3 saturated heterocycles. The molecule has 0 bridgehead atoms. The van der Waals surface area contributed by atoms with Crippen molar-refractivity contribution in [3.8, 4) is 0 Å². The molecule has 0 unspecified atom stereocenters. The maximum Gasteiger partial charge on any atom is 0.474 e. The molecule has 1 aromatic heterocycles.